The van der Waals surface area contributed by atoms with Crippen molar-refractivity contribution in [3.05, 3.63) is 65.5 Å². The number of fused-ring (bicyclic) bond motifs is 1. The van der Waals surface area contributed by atoms with E-state index >= 15 is 0 Å². The average molecular weight is 396 g/mol. The van der Waals surface area contributed by atoms with Crippen molar-refractivity contribution >= 4 is 11.8 Å². The smallest absolute Gasteiger partial charge is 0.260 e. The van der Waals surface area contributed by atoms with Gasteiger partial charge in [0, 0.05) is 44.5 Å². The average Bonchev–Trinajstić information content (AvgIpc) is 3.25. The summed E-state index contributed by atoms with van der Waals surface area (Å²) in [5.74, 6) is 0.371. The zero-order chi connectivity index (χ0) is 20.5. The van der Waals surface area contributed by atoms with Gasteiger partial charge in [0.1, 0.15) is 11.6 Å². The van der Waals surface area contributed by atoms with Crippen LogP contribution in [-0.2, 0) is 9.59 Å². The van der Waals surface area contributed by atoms with Gasteiger partial charge in [0.2, 0.25) is 5.91 Å². The highest BCUT2D eigenvalue weighted by atomic mass is 19.1. The summed E-state index contributed by atoms with van der Waals surface area (Å²) in [7, 11) is 0. The number of ether oxygens (including phenoxy) is 1. The van der Waals surface area contributed by atoms with E-state index in [-0.39, 0.29) is 36.3 Å². The minimum atomic E-state index is -0.393. The summed E-state index contributed by atoms with van der Waals surface area (Å²) in [4.78, 5) is 28.7. The summed E-state index contributed by atoms with van der Waals surface area (Å²) in [5.41, 5.74) is 2.31. The fourth-order valence-electron chi connectivity index (χ4n) is 4.68. The Morgan fingerprint density at radius 1 is 1.10 bits per heavy atom. The number of nitrogens with zero attached hydrogens (tertiary/aromatic N) is 2. The van der Waals surface area contributed by atoms with Gasteiger partial charge in [-0.15, -0.1) is 0 Å². The van der Waals surface area contributed by atoms with Gasteiger partial charge in [0.25, 0.3) is 5.91 Å². The van der Waals surface area contributed by atoms with Gasteiger partial charge in [0.15, 0.2) is 6.61 Å². The zero-order valence-corrected chi connectivity index (χ0v) is 16.7. The highest BCUT2D eigenvalue weighted by Crippen LogP contribution is 2.45. The predicted octanol–water partition coefficient (Wildman–Crippen LogP) is 3.19. The van der Waals surface area contributed by atoms with Crippen LogP contribution in [0.3, 0.4) is 0 Å². The second-order valence-corrected chi connectivity index (χ2v) is 7.94. The van der Waals surface area contributed by atoms with Gasteiger partial charge < -0.3 is 14.5 Å². The molecule has 0 N–H and O–H groups in total. The molecule has 0 bridgehead atoms. The van der Waals surface area contributed by atoms with Crippen molar-refractivity contribution in [1.82, 2.24) is 9.80 Å². The topological polar surface area (TPSA) is 49.9 Å². The zero-order valence-electron chi connectivity index (χ0n) is 16.7. The number of hydrogen-bond acceptors (Lipinski definition) is 3. The van der Waals surface area contributed by atoms with E-state index in [4.69, 9.17) is 4.74 Å². The standard InChI is InChI=1S/C23H25FN2O3/c1-15-6-3-4-9-20(15)23-21-13-25(11-17(21)12-26(23)16(2)27)22(28)14-29-19-8-5-7-18(24)10-19/h3-10,17,21,23H,11-14H2,1-2H3/t17-,21-,23-/m1/s1. The van der Waals surface area contributed by atoms with Crippen LogP contribution in [0.2, 0.25) is 0 Å². The molecule has 2 aliphatic heterocycles. The monoisotopic (exact) mass is 396 g/mol. The quantitative estimate of drug-likeness (QED) is 0.798. The second-order valence-electron chi connectivity index (χ2n) is 7.94. The molecule has 2 heterocycles. The Morgan fingerprint density at radius 3 is 2.62 bits per heavy atom. The number of benzene rings is 2. The lowest BCUT2D eigenvalue weighted by Crippen LogP contribution is -2.38. The van der Waals surface area contributed by atoms with Gasteiger partial charge in [0.05, 0.1) is 6.04 Å². The van der Waals surface area contributed by atoms with E-state index in [1.807, 2.05) is 21.9 Å². The van der Waals surface area contributed by atoms with Crippen LogP contribution in [0.25, 0.3) is 0 Å². The molecule has 0 radical (unpaired) electrons. The molecule has 0 aliphatic carbocycles. The fraction of sp³-hybridized carbons (Fsp3) is 0.391. The maximum Gasteiger partial charge on any atom is 0.260 e. The molecule has 6 heteroatoms. The largest absolute Gasteiger partial charge is 0.484 e. The van der Waals surface area contributed by atoms with E-state index in [1.54, 1.807) is 19.1 Å². The predicted molar refractivity (Wildman–Crippen MR) is 107 cm³/mol. The van der Waals surface area contributed by atoms with Crippen molar-refractivity contribution in [1.29, 1.82) is 0 Å². The Kier molecular flexibility index (Phi) is 5.26. The number of amides is 2. The van der Waals surface area contributed by atoms with Crippen molar-refractivity contribution in [2.24, 2.45) is 11.8 Å². The van der Waals surface area contributed by atoms with Crippen molar-refractivity contribution in [2.75, 3.05) is 26.2 Å². The summed E-state index contributed by atoms with van der Waals surface area (Å²) in [6.07, 6.45) is 0. The summed E-state index contributed by atoms with van der Waals surface area (Å²) in [5, 5.41) is 0. The normalized spacial score (nSPS) is 23.2. The number of carbonyl (C=O) groups is 2. The maximum absolute atomic E-state index is 13.3. The molecule has 4 rings (SSSR count). The summed E-state index contributed by atoms with van der Waals surface area (Å²) in [6.45, 7) is 5.43. The molecule has 2 amide bonds. The number of aryl methyl sites for hydroxylation is 1. The van der Waals surface area contributed by atoms with E-state index < -0.39 is 5.82 Å². The van der Waals surface area contributed by atoms with Gasteiger partial charge in [-0.2, -0.15) is 0 Å². The Balaban J connectivity index is 1.47. The van der Waals surface area contributed by atoms with Gasteiger partial charge in [-0.3, -0.25) is 9.59 Å². The SMILES string of the molecule is CC(=O)N1C[C@H]2CN(C(=O)COc3cccc(F)c3)C[C@H]2[C@H]1c1ccccc1C. The van der Waals surface area contributed by atoms with Crippen LogP contribution in [0.15, 0.2) is 48.5 Å². The number of hydrogen-bond donors (Lipinski definition) is 0. The number of carbonyl (C=O) groups excluding carboxylic acids is 2. The van der Waals surface area contributed by atoms with E-state index in [0.29, 0.717) is 25.4 Å². The molecule has 0 unspecified atom stereocenters. The van der Waals surface area contributed by atoms with Crippen LogP contribution in [0.1, 0.15) is 24.1 Å². The van der Waals surface area contributed by atoms with Crippen LogP contribution >= 0.6 is 0 Å². The Hall–Kier alpha value is -2.89. The van der Waals surface area contributed by atoms with Gasteiger partial charge >= 0.3 is 0 Å². The first-order valence-electron chi connectivity index (χ1n) is 9.93. The molecule has 2 aliphatic rings. The molecule has 2 aromatic carbocycles. The molecule has 152 valence electrons. The highest BCUT2D eigenvalue weighted by Gasteiger charge is 2.49. The lowest BCUT2D eigenvalue weighted by molar-refractivity contribution is -0.133. The molecule has 0 aromatic heterocycles. The van der Waals surface area contributed by atoms with Crippen molar-refractivity contribution in [2.45, 2.75) is 19.9 Å². The van der Waals surface area contributed by atoms with E-state index in [9.17, 15) is 14.0 Å². The van der Waals surface area contributed by atoms with E-state index in [0.717, 1.165) is 11.1 Å². The first-order chi connectivity index (χ1) is 13.9. The molecule has 5 nitrogen and oxygen atoms in total. The van der Waals surface area contributed by atoms with Crippen molar-refractivity contribution in [3.8, 4) is 5.75 Å². The highest BCUT2D eigenvalue weighted by molar-refractivity contribution is 5.78. The van der Waals surface area contributed by atoms with Crippen molar-refractivity contribution in [3.63, 3.8) is 0 Å². The lowest BCUT2D eigenvalue weighted by atomic mass is 9.87. The molecule has 2 saturated heterocycles. The summed E-state index contributed by atoms with van der Waals surface area (Å²) >= 11 is 0. The van der Waals surface area contributed by atoms with Crippen LogP contribution in [0.5, 0.6) is 5.75 Å². The third-order valence-corrected chi connectivity index (χ3v) is 6.09. The Labute approximate surface area is 170 Å². The molecule has 2 fully saturated rings. The van der Waals surface area contributed by atoms with Gasteiger partial charge in [-0.1, -0.05) is 30.3 Å². The summed E-state index contributed by atoms with van der Waals surface area (Å²) < 4.78 is 18.8. The molecule has 29 heavy (non-hydrogen) atoms. The number of rotatable bonds is 4. The molecule has 2 aromatic rings. The van der Waals surface area contributed by atoms with Crippen molar-refractivity contribution < 1.29 is 18.7 Å². The van der Waals surface area contributed by atoms with Crippen LogP contribution in [0.4, 0.5) is 4.39 Å². The van der Waals surface area contributed by atoms with Gasteiger partial charge in [-0.05, 0) is 30.2 Å². The molecular formula is C23H25FN2O3. The van der Waals surface area contributed by atoms with Gasteiger partial charge in [-0.25, -0.2) is 4.39 Å². The van der Waals surface area contributed by atoms with Crippen LogP contribution in [0, 0.1) is 24.6 Å². The second kappa shape index (κ2) is 7.85. The number of halogens is 1. The fourth-order valence-corrected chi connectivity index (χ4v) is 4.68. The minimum absolute atomic E-state index is 0.0133. The Bertz CT molecular complexity index is 932. The van der Waals surface area contributed by atoms with E-state index in [2.05, 4.69) is 19.1 Å². The van der Waals surface area contributed by atoms with E-state index in [1.165, 1.54) is 12.1 Å². The Morgan fingerprint density at radius 2 is 1.90 bits per heavy atom. The molecule has 0 saturated carbocycles. The number of likely N-dealkylation sites (tertiary alicyclic amines) is 2. The lowest BCUT2D eigenvalue weighted by Gasteiger charge is -2.30. The maximum atomic E-state index is 13.3. The molecular weight excluding hydrogens is 371 g/mol. The van der Waals surface area contributed by atoms with Crippen LogP contribution < -0.4 is 4.74 Å². The molecule has 0 spiro atoms. The first kappa shape index (κ1) is 19.4. The minimum Gasteiger partial charge on any atom is -0.484 e. The van der Waals surface area contributed by atoms with Crippen LogP contribution in [-0.4, -0.2) is 47.9 Å². The first-order valence-corrected chi connectivity index (χ1v) is 9.93. The molecule has 3 atom stereocenters. The third kappa shape index (κ3) is 3.84. The third-order valence-electron chi connectivity index (χ3n) is 6.09. The summed E-state index contributed by atoms with van der Waals surface area (Å²) in [6, 6.07) is 13.9.